The van der Waals surface area contributed by atoms with Crippen molar-refractivity contribution in [3.8, 4) is 106 Å². The lowest BCUT2D eigenvalue weighted by Gasteiger charge is -2.44. The van der Waals surface area contributed by atoms with Gasteiger partial charge in [0.2, 0.25) is 0 Å². The van der Waals surface area contributed by atoms with Gasteiger partial charge in [-0.1, -0.05) is 352 Å². The summed E-state index contributed by atoms with van der Waals surface area (Å²) >= 11 is 0. The molecule has 24 rings (SSSR count). The van der Waals surface area contributed by atoms with E-state index in [1.165, 1.54) is 104 Å². The number of anilines is 6. The summed E-state index contributed by atoms with van der Waals surface area (Å²) in [7, 11) is 0. The van der Waals surface area contributed by atoms with E-state index in [9.17, 15) is 0 Å². The second kappa shape index (κ2) is 28.0. The highest BCUT2D eigenvalue weighted by molar-refractivity contribution is 7.00. The maximum Gasteiger partial charge on any atom is 0.252 e. The van der Waals surface area contributed by atoms with Gasteiger partial charge in [-0.15, -0.1) is 0 Å². The number of fused-ring (bicyclic) bond motifs is 13. The molecule has 5 heterocycles. The van der Waals surface area contributed by atoms with Gasteiger partial charge in [0.25, 0.3) is 6.71 Å². The lowest BCUT2D eigenvalue weighted by atomic mass is 9.33. The van der Waals surface area contributed by atoms with Gasteiger partial charge in [-0.25, -0.2) is 0 Å². The number of hydrogen-bond donors (Lipinski definition) is 0. The van der Waals surface area contributed by atoms with Crippen LogP contribution >= 0.6 is 0 Å². The second-order valence-corrected chi connectivity index (χ2v) is 31.8. The lowest BCUT2D eigenvalue weighted by Crippen LogP contribution is -2.61. The predicted octanol–water partition coefficient (Wildman–Crippen LogP) is 28.4. The summed E-state index contributed by atoms with van der Waals surface area (Å²) in [5, 5.41) is 7.17. The maximum absolute atomic E-state index is 2.60. The van der Waals surface area contributed by atoms with Crippen molar-refractivity contribution in [2.24, 2.45) is 0 Å². The highest BCUT2D eigenvalue weighted by Crippen LogP contribution is 2.51. The second-order valence-electron chi connectivity index (χ2n) is 31.8. The van der Waals surface area contributed by atoms with Crippen LogP contribution in [-0.2, 0) is 0 Å². The number of nitrogens with zero attached hydrogens (tertiary/aromatic N) is 5. The molecule has 0 fully saturated rings. The van der Waals surface area contributed by atoms with E-state index < -0.39 is 0 Å². The third-order valence-corrected chi connectivity index (χ3v) is 25.2. The van der Waals surface area contributed by atoms with Crippen molar-refractivity contribution in [1.29, 1.82) is 0 Å². The fraction of sp³-hybridized carbons (Fsp3) is 0. The fourth-order valence-corrected chi connectivity index (χ4v) is 19.8. The Labute approximate surface area is 696 Å². The minimum absolute atomic E-state index is 0.220. The molecule has 3 aromatic heterocycles. The lowest BCUT2D eigenvalue weighted by molar-refractivity contribution is 1.16. The summed E-state index contributed by atoms with van der Waals surface area (Å²) in [6.07, 6.45) is 0. The Hall–Kier alpha value is -15.8. The van der Waals surface area contributed by atoms with Crippen LogP contribution in [0.4, 0.5) is 34.1 Å². The van der Waals surface area contributed by atoms with Gasteiger partial charge in [-0.3, -0.25) is 0 Å². The molecule has 120 heavy (non-hydrogen) atoms. The summed E-state index contributed by atoms with van der Waals surface area (Å²) in [6, 6.07) is 167. The van der Waals surface area contributed by atoms with E-state index in [2.05, 4.69) is 472 Å². The van der Waals surface area contributed by atoms with E-state index >= 15 is 0 Å². The zero-order chi connectivity index (χ0) is 78.9. The highest BCUT2D eigenvalue weighted by Gasteiger charge is 2.45. The van der Waals surface area contributed by atoms with E-state index in [0.29, 0.717) is 0 Å². The first-order chi connectivity index (χ1) is 59.6. The van der Waals surface area contributed by atoms with E-state index in [1.54, 1.807) is 0 Å². The van der Waals surface area contributed by atoms with Crippen LogP contribution in [0.15, 0.2) is 449 Å². The van der Waals surface area contributed by atoms with Crippen LogP contribution < -0.4 is 26.2 Å². The molecular formula is C114H74BN5. The van der Waals surface area contributed by atoms with Gasteiger partial charge >= 0.3 is 0 Å². The monoisotopic (exact) mass is 1520 g/mol. The van der Waals surface area contributed by atoms with E-state index in [-0.39, 0.29) is 6.71 Å². The molecule has 0 amide bonds. The summed E-state index contributed by atoms with van der Waals surface area (Å²) in [6.45, 7) is -0.220. The number of aromatic nitrogens is 3. The third-order valence-electron chi connectivity index (χ3n) is 25.2. The van der Waals surface area contributed by atoms with Crippen LogP contribution in [0.5, 0.6) is 0 Å². The Balaban J connectivity index is 0.751. The molecule has 558 valence electrons. The number of para-hydroxylation sites is 6. The van der Waals surface area contributed by atoms with Crippen LogP contribution in [0.3, 0.4) is 0 Å². The molecule has 2 aliphatic rings. The SMILES string of the molecule is c1ccc(-c2ccc(N3c4cc(-c5ccc6c(c5)c5ccccc5n6-c5c(-c6ccccc6)cccc5-c5ccccc5)ccc4B4c5ccc(-c6ccc7c(c6)c6ccccc6n7-c6c(-c7ccccc7)cccc6-c6ccccc6)cc5N(c5ccc(-c6ccccc6)cc5)c5cc(-n6c7ccccc7c7ccccc76)cc3c54)cc2)cc1. The smallest absolute Gasteiger partial charge is 0.252 e. The zero-order valence-electron chi connectivity index (χ0n) is 65.5. The molecule has 0 unspecified atom stereocenters. The summed E-state index contributed by atoms with van der Waals surface area (Å²) in [4.78, 5) is 5.19. The zero-order valence-corrected chi connectivity index (χ0v) is 65.5. The Morgan fingerprint density at radius 3 is 0.775 bits per heavy atom. The van der Waals surface area contributed by atoms with Gasteiger partial charge < -0.3 is 23.5 Å². The van der Waals surface area contributed by atoms with Crippen molar-refractivity contribution in [2.45, 2.75) is 0 Å². The highest BCUT2D eigenvalue weighted by atomic mass is 15.2. The third kappa shape index (κ3) is 11.0. The van der Waals surface area contributed by atoms with Crippen LogP contribution in [0.1, 0.15) is 0 Å². The van der Waals surface area contributed by atoms with Crippen molar-refractivity contribution in [2.75, 3.05) is 9.80 Å². The van der Waals surface area contributed by atoms with Gasteiger partial charge in [0.15, 0.2) is 0 Å². The number of hydrogen-bond acceptors (Lipinski definition) is 2. The Morgan fingerprint density at radius 1 is 0.158 bits per heavy atom. The standard InChI is InChI=1S/C114H74BN5/c1-7-29-75(30-8-1)77-53-61-87(62-54-77)116-108-71-85(83-59-67-106-98(69-83)96-43-21-25-51-104(96)119(106)113-90(79-33-11-3-12-34-79)45-27-46-91(113)80-35-13-4-14-36-80)57-65-100(108)115-101-66-58-86(84-60-68-107-99(70-84)97-44-22-26-52-105(97)120(107)114-92(81-37-15-5-16-38-81)47-28-48-93(114)82-39-17-6-18-40-82)72-109(101)117(88-63-55-78(56-64-88)76-31-9-2-10-32-76)111-74-89(73-110(116)112(111)115)118-102-49-23-19-41-94(102)95-42-20-24-50-103(95)118/h1-74H. The summed E-state index contributed by atoms with van der Waals surface area (Å²) < 4.78 is 7.56. The van der Waals surface area contributed by atoms with Crippen molar-refractivity contribution in [3.63, 3.8) is 0 Å². The van der Waals surface area contributed by atoms with Gasteiger partial charge in [-0.2, -0.15) is 0 Å². The molecule has 0 saturated heterocycles. The Bertz CT molecular complexity index is 7230. The predicted molar refractivity (Wildman–Crippen MR) is 507 cm³/mol. The molecule has 19 aromatic carbocycles. The molecule has 22 aromatic rings. The maximum atomic E-state index is 2.60. The Morgan fingerprint density at radius 2 is 0.425 bits per heavy atom. The summed E-state index contributed by atoms with van der Waals surface area (Å²) in [5.74, 6) is 0. The molecule has 0 atom stereocenters. The van der Waals surface area contributed by atoms with Crippen LogP contribution in [-0.4, -0.2) is 20.4 Å². The molecule has 2 aliphatic heterocycles. The molecule has 6 heteroatoms. The molecule has 0 aliphatic carbocycles. The van der Waals surface area contributed by atoms with Crippen molar-refractivity contribution >= 4 is 123 Å². The first kappa shape index (κ1) is 68.6. The van der Waals surface area contributed by atoms with Crippen molar-refractivity contribution in [1.82, 2.24) is 13.7 Å². The van der Waals surface area contributed by atoms with Crippen LogP contribution in [0.2, 0.25) is 0 Å². The minimum atomic E-state index is -0.220. The number of rotatable bonds is 13. The van der Waals surface area contributed by atoms with Gasteiger partial charge in [0, 0.05) is 88.7 Å². The minimum Gasteiger partial charge on any atom is -0.311 e. The molecule has 0 N–H and O–H groups in total. The first-order valence-electron chi connectivity index (χ1n) is 41.5. The van der Waals surface area contributed by atoms with Crippen molar-refractivity contribution < 1.29 is 0 Å². The van der Waals surface area contributed by atoms with Gasteiger partial charge in [-0.05, 0) is 180 Å². The van der Waals surface area contributed by atoms with Gasteiger partial charge in [0.1, 0.15) is 0 Å². The van der Waals surface area contributed by atoms with E-state index in [1.807, 2.05) is 0 Å². The van der Waals surface area contributed by atoms with Crippen molar-refractivity contribution in [3.05, 3.63) is 449 Å². The average molecular weight is 1520 g/mol. The quantitative estimate of drug-likeness (QED) is 0.107. The van der Waals surface area contributed by atoms with Crippen LogP contribution in [0, 0.1) is 0 Å². The molecule has 0 radical (unpaired) electrons. The molecule has 0 saturated carbocycles. The molecule has 5 nitrogen and oxygen atoms in total. The van der Waals surface area contributed by atoms with Gasteiger partial charge in [0.05, 0.1) is 50.2 Å². The Kier molecular flexibility index (Phi) is 16.0. The first-order valence-corrected chi connectivity index (χ1v) is 41.5. The van der Waals surface area contributed by atoms with Crippen LogP contribution in [0.25, 0.3) is 171 Å². The topological polar surface area (TPSA) is 21.3 Å². The summed E-state index contributed by atoms with van der Waals surface area (Å²) in [5.41, 5.74) is 39.1. The molecule has 0 spiro atoms. The number of benzene rings is 19. The normalized spacial score (nSPS) is 12.3. The average Bonchev–Trinajstić information content (AvgIpc) is 0.772. The largest absolute Gasteiger partial charge is 0.311 e. The fourth-order valence-electron chi connectivity index (χ4n) is 19.8. The van der Waals surface area contributed by atoms with E-state index in [4.69, 9.17) is 0 Å². The van der Waals surface area contributed by atoms with E-state index in [0.717, 1.165) is 118 Å². The molecule has 0 bridgehead atoms. The molecular weight excluding hydrogens is 1450 g/mol.